The number of fused-ring (bicyclic) bond motifs is 1. The van der Waals surface area contributed by atoms with Crippen LogP contribution < -0.4 is 0 Å². The smallest absolute Gasteiger partial charge is 0.308 e. The number of hydrogen-bond acceptors (Lipinski definition) is 3. The van der Waals surface area contributed by atoms with Gasteiger partial charge >= 0.3 is 5.97 Å². The molecule has 2 rings (SSSR count). The van der Waals surface area contributed by atoms with Crippen molar-refractivity contribution < 1.29 is 19.5 Å². The molecule has 4 atom stereocenters. The van der Waals surface area contributed by atoms with Gasteiger partial charge in [-0.25, -0.2) is 0 Å². The predicted octanol–water partition coefficient (Wildman–Crippen LogP) is 1.05. The average Bonchev–Trinajstić information content (AvgIpc) is 2.61. The summed E-state index contributed by atoms with van der Waals surface area (Å²) in [5, 5.41) is 8.98. The first-order valence-corrected chi connectivity index (χ1v) is 6.20. The van der Waals surface area contributed by atoms with Gasteiger partial charge in [0.05, 0.1) is 17.8 Å². The third-order valence-corrected chi connectivity index (χ3v) is 4.06. The van der Waals surface area contributed by atoms with Crippen LogP contribution in [0.25, 0.3) is 0 Å². The molecule has 5 heteroatoms. The summed E-state index contributed by atoms with van der Waals surface area (Å²) in [4.78, 5) is 36.5. The van der Waals surface area contributed by atoms with E-state index in [1.165, 1.54) is 11.8 Å². The van der Waals surface area contributed by atoms with E-state index in [4.69, 9.17) is 5.11 Å². The van der Waals surface area contributed by atoms with E-state index in [1.807, 2.05) is 12.2 Å². The van der Waals surface area contributed by atoms with Gasteiger partial charge in [-0.3, -0.25) is 19.3 Å². The minimum absolute atomic E-state index is 0.213. The van der Waals surface area contributed by atoms with Crippen LogP contribution in [0.15, 0.2) is 12.2 Å². The normalized spacial score (nSPS) is 30.2. The first-order chi connectivity index (χ1) is 8.45. The summed E-state index contributed by atoms with van der Waals surface area (Å²) < 4.78 is 0. The van der Waals surface area contributed by atoms with E-state index in [1.54, 1.807) is 6.92 Å². The average molecular weight is 251 g/mol. The first-order valence-electron chi connectivity index (χ1n) is 6.20. The summed E-state index contributed by atoms with van der Waals surface area (Å²) in [6, 6.07) is -0.590. The number of rotatable bonds is 3. The molecule has 1 aliphatic heterocycles. The number of allylic oxidation sites excluding steroid dienone is 2. The fourth-order valence-corrected chi connectivity index (χ4v) is 2.66. The number of nitrogens with zero attached hydrogens (tertiary/aromatic N) is 1. The molecule has 5 nitrogen and oxygen atoms in total. The Hall–Kier alpha value is -1.65. The fraction of sp³-hybridized carbons (Fsp3) is 0.615. The van der Waals surface area contributed by atoms with Crippen molar-refractivity contribution in [1.29, 1.82) is 0 Å². The number of aliphatic carboxylic acids is 1. The zero-order chi connectivity index (χ0) is 13.4. The molecule has 1 N–H and O–H groups in total. The first kappa shape index (κ1) is 12.8. The number of hydrogen-bond donors (Lipinski definition) is 1. The predicted molar refractivity (Wildman–Crippen MR) is 63.5 cm³/mol. The van der Waals surface area contributed by atoms with Crippen LogP contribution in [0.4, 0.5) is 0 Å². The maximum atomic E-state index is 12.2. The maximum Gasteiger partial charge on any atom is 0.308 e. The summed E-state index contributed by atoms with van der Waals surface area (Å²) in [7, 11) is 0. The Labute approximate surface area is 105 Å². The van der Waals surface area contributed by atoms with E-state index in [0.717, 1.165) is 0 Å². The summed E-state index contributed by atoms with van der Waals surface area (Å²) in [6.45, 7) is 3.15. The lowest BCUT2D eigenvalue weighted by molar-refractivity contribution is -0.148. The molecule has 1 saturated heterocycles. The van der Waals surface area contributed by atoms with Crippen LogP contribution in [0.1, 0.15) is 26.7 Å². The van der Waals surface area contributed by atoms with Gasteiger partial charge in [0.1, 0.15) is 0 Å². The largest absolute Gasteiger partial charge is 0.481 e. The Morgan fingerprint density at radius 1 is 1.22 bits per heavy atom. The molecule has 18 heavy (non-hydrogen) atoms. The Bertz CT molecular complexity index is 403. The highest BCUT2D eigenvalue weighted by atomic mass is 16.4. The Morgan fingerprint density at radius 2 is 1.67 bits per heavy atom. The van der Waals surface area contributed by atoms with Crippen LogP contribution in [-0.2, 0) is 14.4 Å². The lowest BCUT2D eigenvalue weighted by Crippen LogP contribution is -2.44. The molecular formula is C13H17NO4. The third kappa shape index (κ3) is 1.83. The molecule has 0 aromatic heterocycles. The summed E-state index contributed by atoms with van der Waals surface area (Å²) in [6.07, 6.45) is 5.00. The molecule has 2 aliphatic rings. The minimum atomic E-state index is -0.990. The monoisotopic (exact) mass is 251 g/mol. The molecule has 0 bridgehead atoms. The lowest BCUT2D eigenvalue weighted by atomic mass is 9.85. The number of carbonyl (C=O) groups excluding carboxylic acids is 2. The van der Waals surface area contributed by atoms with Crippen LogP contribution in [-0.4, -0.2) is 33.8 Å². The number of amides is 2. The molecule has 1 fully saturated rings. The summed E-state index contributed by atoms with van der Waals surface area (Å²) in [5.74, 6) is -2.73. The molecule has 98 valence electrons. The molecule has 2 unspecified atom stereocenters. The molecule has 0 radical (unpaired) electrons. The van der Waals surface area contributed by atoms with E-state index < -0.39 is 17.9 Å². The number of carbonyl (C=O) groups is 3. The fourth-order valence-electron chi connectivity index (χ4n) is 2.66. The van der Waals surface area contributed by atoms with Crippen molar-refractivity contribution in [3.05, 3.63) is 12.2 Å². The van der Waals surface area contributed by atoms with Crippen molar-refractivity contribution in [2.75, 3.05) is 0 Å². The minimum Gasteiger partial charge on any atom is -0.481 e. The van der Waals surface area contributed by atoms with Crippen LogP contribution in [0, 0.1) is 17.8 Å². The van der Waals surface area contributed by atoms with Crippen molar-refractivity contribution in [3.63, 3.8) is 0 Å². The van der Waals surface area contributed by atoms with Gasteiger partial charge < -0.3 is 5.11 Å². The van der Waals surface area contributed by atoms with E-state index in [2.05, 4.69) is 0 Å². The Balaban J connectivity index is 2.22. The highest BCUT2D eigenvalue weighted by Gasteiger charge is 2.50. The maximum absolute atomic E-state index is 12.2. The Kier molecular flexibility index (Phi) is 3.24. The van der Waals surface area contributed by atoms with Crippen LogP contribution in [0.5, 0.6) is 0 Å². The van der Waals surface area contributed by atoms with Crippen molar-refractivity contribution >= 4 is 17.8 Å². The molecule has 0 saturated carbocycles. The SMILES string of the molecule is CC(C(=O)O)C(C)N1C(=O)[C@H]2CC=CC[C@H]2C1=O. The molecule has 0 spiro atoms. The molecule has 1 aliphatic carbocycles. The second-order valence-electron chi connectivity index (χ2n) is 5.07. The molecule has 0 aromatic carbocycles. The van der Waals surface area contributed by atoms with E-state index >= 15 is 0 Å². The highest BCUT2D eigenvalue weighted by Crippen LogP contribution is 2.36. The third-order valence-electron chi connectivity index (χ3n) is 4.06. The van der Waals surface area contributed by atoms with Gasteiger partial charge in [-0.15, -0.1) is 0 Å². The van der Waals surface area contributed by atoms with Gasteiger partial charge in [-0.2, -0.15) is 0 Å². The Morgan fingerprint density at radius 3 is 2.06 bits per heavy atom. The second kappa shape index (κ2) is 4.55. The van der Waals surface area contributed by atoms with E-state index in [9.17, 15) is 14.4 Å². The molecule has 1 heterocycles. The number of carboxylic acid groups (broad SMARTS) is 1. The molecular weight excluding hydrogens is 234 g/mol. The van der Waals surface area contributed by atoms with Gasteiger partial charge in [-0.1, -0.05) is 12.2 Å². The molecule has 0 aromatic rings. The van der Waals surface area contributed by atoms with Crippen molar-refractivity contribution in [2.24, 2.45) is 17.8 Å². The highest BCUT2D eigenvalue weighted by molar-refractivity contribution is 6.06. The van der Waals surface area contributed by atoms with Crippen LogP contribution in [0.3, 0.4) is 0 Å². The van der Waals surface area contributed by atoms with Crippen molar-refractivity contribution in [2.45, 2.75) is 32.7 Å². The van der Waals surface area contributed by atoms with Crippen molar-refractivity contribution in [3.8, 4) is 0 Å². The zero-order valence-electron chi connectivity index (χ0n) is 10.5. The van der Waals surface area contributed by atoms with Gasteiger partial charge in [0, 0.05) is 6.04 Å². The number of carboxylic acids is 1. The van der Waals surface area contributed by atoms with Gasteiger partial charge in [-0.05, 0) is 26.7 Å². The topological polar surface area (TPSA) is 74.7 Å². The van der Waals surface area contributed by atoms with Crippen LogP contribution >= 0.6 is 0 Å². The van der Waals surface area contributed by atoms with E-state index in [0.29, 0.717) is 12.8 Å². The molecule has 2 amide bonds. The van der Waals surface area contributed by atoms with E-state index in [-0.39, 0.29) is 23.7 Å². The van der Waals surface area contributed by atoms with Gasteiger partial charge in [0.25, 0.3) is 0 Å². The summed E-state index contributed by atoms with van der Waals surface area (Å²) >= 11 is 0. The quantitative estimate of drug-likeness (QED) is 0.601. The number of imide groups is 1. The number of likely N-dealkylation sites (tertiary alicyclic amines) is 1. The van der Waals surface area contributed by atoms with Gasteiger partial charge in [0.2, 0.25) is 11.8 Å². The second-order valence-corrected chi connectivity index (χ2v) is 5.07. The lowest BCUT2D eigenvalue weighted by Gasteiger charge is -2.26. The van der Waals surface area contributed by atoms with Crippen LogP contribution in [0.2, 0.25) is 0 Å². The van der Waals surface area contributed by atoms with Crippen molar-refractivity contribution in [1.82, 2.24) is 4.90 Å². The summed E-state index contributed by atoms with van der Waals surface area (Å²) in [5.41, 5.74) is 0. The zero-order valence-corrected chi connectivity index (χ0v) is 10.5. The van der Waals surface area contributed by atoms with Gasteiger partial charge in [0.15, 0.2) is 0 Å². The standard InChI is InChI=1S/C13H17NO4/c1-7(13(17)18)8(2)14-11(15)9-5-3-4-6-10(9)12(14)16/h3-4,7-10H,5-6H2,1-2H3,(H,17,18)/t7?,8?,9-,10+.